The van der Waals surface area contributed by atoms with Crippen molar-refractivity contribution in [2.45, 2.75) is 25.7 Å². The first kappa shape index (κ1) is 16.2. The number of ketones is 1. The van der Waals surface area contributed by atoms with E-state index < -0.39 is 0 Å². The number of anilines is 1. The van der Waals surface area contributed by atoms with Crippen LogP contribution in [0.2, 0.25) is 0 Å². The van der Waals surface area contributed by atoms with E-state index in [1.54, 1.807) is 28.9 Å². The normalized spacial score (nSPS) is 13.4. The smallest absolute Gasteiger partial charge is 0.295 e. The van der Waals surface area contributed by atoms with Crippen molar-refractivity contribution in [3.8, 4) is 5.69 Å². The van der Waals surface area contributed by atoms with Crippen molar-refractivity contribution in [2.75, 3.05) is 5.32 Å². The number of hydrogen-bond acceptors (Lipinski definition) is 4. The largest absolute Gasteiger partial charge is 0.319 e. The van der Waals surface area contributed by atoms with Crippen molar-refractivity contribution in [1.82, 2.24) is 14.8 Å². The third-order valence-corrected chi connectivity index (χ3v) is 4.31. The zero-order valence-corrected chi connectivity index (χ0v) is 14.3. The van der Waals surface area contributed by atoms with E-state index in [1.807, 2.05) is 30.3 Å². The summed E-state index contributed by atoms with van der Waals surface area (Å²) in [6.45, 7) is 1.49. The Bertz CT molecular complexity index is 974. The van der Waals surface area contributed by atoms with Gasteiger partial charge in [-0.2, -0.15) is 0 Å². The molecule has 2 aromatic carbocycles. The van der Waals surface area contributed by atoms with Crippen molar-refractivity contribution in [1.29, 1.82) is 0 Å². The van der Waals surface area contributed by atoms with E-state index in [-0.39, 0.29) is 17.5 Å². The molecule has 1 aromatic heterocycles. The first-order valence-electron chi connectivity index (χ1n) is 8.56. The number of nitrogens with zero attached hydrogens (tertiary/aromatic N) is 3. The molecule has 1 N–H and O–H groups in total. The Morgan fingerprint density at radius 3 is 2.54 bits per heavy atom. The molecule has 1 fully saturated rings. The van der Waals surface area contributed by atoms with Crippen LogP contribution in [0.3, 0.4) is 0 Å². The van der Waals surface area contributed by atoms with Crippen molar-refractivity contribution in [3.05, 3.63) is 71.8 Å². The molecule has 1 aliphatic carbocycles. The van der Waals surface area contributed by atoms with Gasteiger partial charge in [-0.15, -0.1) is 5.10 Å². The Morgan fingerprint density at radius 1 is 1.08 bits per heavy atom. The molecule has 26 heavy (non-hydrogen) atoms. The number of benzene rings is 2. The number of Topliss-reactive ketones (excluding diaryl/α,β-unsaturated/α-hetero) is 1. The van der Waals surface area contributed by atoms with Crippen molar-refractivity contribution in [3.63, 3.8) is 0 Å². The van der Waals surface area contributed by atoms with Gasteiger partial charge in [0, 0.05) is 17.2 Å². The molecular weight excluding hydrogens is 328 g/mol. The molecule has 0 spiro atoms. The third-order valence-electron chi connectivity index (χ3n) is 4.31. The van der Waals surface area contributed by atoms with Gasteiger partial charge in [-0.1, -0.05) is 30.3 Å². The summed E-state index contributed by atoms with van der Waals surface area (Å²) < 4.78 is 1.75. The van der Waals surface area contributed by atoms with Gasteiger partial charge in [0.25, 0.3) is 5.91 Å². The summed E-state index contributed by atoms with van der Waals surface area (Å²) in [7, 11) is 0. The van der Waals surface area contributed by atoms with Gasteiger partial charge in [0.05, 0.1) is 5.69 Å². The fraction of sp³-hybridized carbons (Fsp3) is 0.200. The second kappa shape index (κ2) is 6.55. The second-order valence-corrected chi connectivity index (χ2v) is 6.41. The van der Waals surface area contributed by atoms with E-state index >= 15 is 0 Å². The second-order valence-electron chi connectivity index (χ2n) is 6.41. The van der Waals surface area contributed by atoms with Crippen LogP contribution in [0.25, 0.3) is 5.69 Å². The van der Waals surface area contributed by atoms with Gasteiger partial charge in [0.2, 0.25) is 5.82 Å². The van der Waals surface area contributed by atoms with E-state index in [0.29, 0.717) is 17.2 Å². The lowest BCUT2D eigenvalue weighted by atomic mass is 10.1. The molecular formula is C20H18N4O2. The van der Waals surface area contributed by atoms with E-state index in [4.69, 9.17) is 0 Å². The first-order chi connectivity index (χ1) is 12.6. The number of aromatic nitrogens is 3. The molecule has 3 aromatic rings. The molecule has 1 amide bonds. The van der Waals surface area contributed by atoms with Gasteiger partial charge in [0.15, 0.2) is 5.78 Å². The summed E-state index contributed by atoms with van der Waals surface area (Å²) in [5.41, 5.74) is 1.98. The van der Waals surface area contributed by atoms with Crippen molar-refractivity contribution < 1.29 is 9.59 Å². The predicted octanol–water partition coefficient (Wildman–Crippen LogP) is 3.60. The maximum absolute atomic E-state index is 12.6. The highest BCUT2D eigenvalue weighted by molar-refractivity contribution is 6.02. The molecule has 1 saturated carbocycles. The molecule has 0 aliphatic heterocycles. The minimum absolute atomic E-state index is 0.0522. The summed E-state index contributed by atoms with van der Waals surface area (Å²) in [5.74, 6) is 0.860. The number of nitrogens with one attached hydrogen (secondary N) is 1. The van der Waals surface area contributed by atoms with Crippen LogP contribution in [0, 0.1) is 0 Å². The summed E-state index contributed by atoms with van der Waals surface area (Å²) >= 11 is 0. The zero-order chi connectivity index (χ0) is 18.1. The lowest BCUT2D eigenvalue weighted by Crippen LogP contribution is -2.14. The summed E-state index contributed by atoms with van der Waals surface area (Å²) in [5, 5.41) is 7.20. The van der Waals surface area contributed by atoms with E-state index in [2.05, 4.69) is 15.4 Å². The standard InChI is InChI=1S/C20H18N4O2/c1-13(25)15-6-5-7-16(12-15)21-20(26)18-22-19(14-10-11-14)24(23-18)17-8-3-2-4-9-17/h2-9,12,14H,10-11H2,1H3,(H,21,26). The highest BCUT2D eigenvalue weighted by Crippen LogP contribution is 2.39. The molecule has 130 valence electrons. The fourth-order valence-corrected chi connectivity index (χ4v) is 2.79. The molecule has 0 radical (unpaired) electrons. The van der Waals surface area contributed by atoms with Crippen LogP contribution in [0.1, 0.15) is 52.5 Å². The Hall–Kier alpha value is -3.28. The molecule has 0 unspecified atom stereocenters. The summed E-state index contributed by atoms with van der Waals surface area (Å²) in [6, 6.07) is 16.5. The number of para-hydroxylation sites is 1. The zero-order valence-electron chi connectivity index (χ0n) is 14.3. The number of rotatable bonds is 5. The summed E-state index contributed by atoms with van der Waals surface area (Å²) in [6.07, 6.45) is 2.13. The summed E-state index contributed by atoms with van der Waals surface area (Å²) in [4.78, 5) is 28.6. The van der Waals surface area contributed by atoms with Crippen LogP contribution >= 0.6 is 0 Å². The number of hydrogen-bond donors (Lipinski definition) is 1. The van der Waals surface area contributed by atoms with Crippen LogP contribution in [-0.2, 0) is 0 Å². The van der Waals surface area contributed by atoms with Crippen LogP contribution in [0.4, 0.5) is 5.69 Å². The third kappa shape index (κ3) is 3.26. The van der Waals surface area contributed by atoms with Gasteiger partial charge in [-0.25, -0.2) is 9.67 Å². The fourth-order valence-electron chi connectivity index (χ4n) is 2.79. The monoisotopic (exact) mass is 346 g/mol. The van der Waals surface area contributed by atoms with Crippen molar-refractivity contribution >= 4 is 17.4 Å². The average molecular weight is 346 g/mol. The maximum atomic E-state index is 12.6. The van der Waals surface area contributed by atoms with Crippen LogP contribution in [-0.4, -0.2) is 26.5 Å². The molecule has 0 saturated heterocycles. The van der Waals surface area contributed by atoms with E-state index in [9.17, 15) is 9.59 Å². The van der Waals surface area contributed by atoms with Crippen LogP contribution < -0.4 is 5.32 Å². The quantitative estimate of drug-likeness (QED) is 0.716. The highest BCUT2D eigenvalue weighted by atomic mass is 16.2. The minimum atomic E-state index is -0.387. The molecule has 6 nitrogen and oxygen atoms in total. The molecule has 6 heteroatoms. The van der Waals surface area contributed by atoms with Crippen LogP contribution in [0.5, 0.6) is 0 Å². The topological polar surface area (TPSA) is 76.9 Å². The van der Waals surface area contributed by atoms with Gasteiger partial charge in [-0.3, -0.25) is 9.59 Å². The van der Waals surface area contributed by atoms with Gasteiger partial charge >= 0.3 is 0 Å². The Balaban J connectivity index is 1.62. The number of carbonyl (C=O) groups is 2. The first-order valence-corrected chi connectivity index (χ1v) is 8.56. The minimum Gasteiger partial charge on any atom is -0.319 e. The lowest BCUT2D eigenvalue weighted by Gasteiger charge is -2.04. The van der Waals surface area contributed by atoms with E-state index in [1.165, 1.54) is 6.92 Å². The Labute approximate surface area is 150 Å². The van der Waals surface area contributed by atoms with E-state index in [0.717, 1.165) is 24.4 Å². The predicted molar refractivity (Wildman–Crippen MR) is 97.7 cm³/mol. The van der Waals surface area contributed by atoms with Gasteiger partial charge in [0.1, 0.15) is 5.82 Å². The van der Waals surface area contributed by atoms with Crippen molar-refractivity contribution in [2.24, 2.45) is 0 Å². The molecule has 1 aliphatic rings. The highest BCUT2D eigenvalue weighted by Gasteiger charge is 2.31. The molecule has 4 rings (SSSR count). The van der Waals surface area contributed by atoms with Gasteiger partial charge in [-0.05, 0) is 44.0 Å². The lowest BCUT2D eigenvalue weighted by molar-refractivity contribution is 0.100. The molecule has 0 atom stereocenters. The average Bonchev–Trinajstić information content (AvgIpc) is 3.40. The molecule has 1 heterocycles. The maximum Gasteiger partial charge on any atom is 0.295 e. The Morgan fingerprint density at radius 2 is 1.85 bits per heavy atom. The SMILES string of the molecule is CC(=O)c1cccc(NC(=O)c2nc(C3CC3)n(-c3ccccc3)n2)c1. The number of carbonyl (C=O) groups excluding carboxylic acids is 2. The Kier molecular flexibility index (Phi) is 4.08. The van der Waals surface area contributed by atoms with Gasteiger partial charge < -0.3 is 5.32 Å². The molecule has 0 bridgehead atoms. The van der Waals surface area contributed by atoms with Crippen LogP contribution in [0.15, 0.2) is 54.6 Å². The number of amides is 1.